The molecule has 6 aromatic rings. The van der Waals surface area contributed by atoms with Crippen LogP contribution < -0.4 is 0 Å². The van der Waals surface area contributed by atoms with E-state index in [1.165, 1.54) is 66.8 Å². The van der Waals surface area contributed by atoms with Crippen molar-refractivity contribution in [3.05, 3.63) is 179 Å². The molecule has 0 bridgehead atoms. The first-order chi connectivity index (χ1) is 23.6. The van der Waals surface area contributed by atoms with Gasteiger partial charge in [-0.25, -0.2) is 0 Å². The summed E-state index contributed by atoms with van der Waals surface area (Å²) in [5.74, 6) is 0. The molecule has 2 aliphatic carbocycles. The molecule has 8 rings (SSSR count). The molecule has 0 saturated heterocycles. The maximum absolute atomic E-state index is 2.82. The summed E-state index contributed by atoms with van der Waals surface area (Å²) in [5, 5.41) is 0. The second kappa shape index (κ2) is 13.2. The van der Waals surface area contributed by atoms with E-state index in [0.29, 0.717) is 7.25 Å². The Kier molecular flexibility index (Phi) is 8.50. The van der Waals surface area contributed by atoms with Crippen molar-refractivity contribution >= 4 is 15.9 Å². The first-order valence-corrected chi connectivity index (χ1v) is 21.5. The molecule has 0 radical (unpaired) electrons. The first-order valence-electron chi connectivity index (χ1n) is 17.3. The minimum absolute atomic E-state index is 0.449. The molecule has 0 saturated carbocycles. The Labute approximate surface area is 293 Å². The number of benzene rings is 6. The molecule has 0 amide bonds. The van der Waals surface area contributed by atoms with Crippen molar-refractivity contribution < 1.29 is 21.3 Å². The normalized spacial score (nSPS) is 16.1. The molecule has 48 heavy (non-hydrogen) atoms. The van der Waals surface area contributed by atoms with Gasteiger partial charge in [-0.1, -0.05) is 0 Å². The van der Waals surface area contributed by atoms with E-state index in [1.807, 2.05) is 0 Å². The van der Waals surface area contributed by atoms with Gasteiger partial charge >= 0.3 is 295 Å². The summed E-state index contributed by atoms with van der Waals surface area (Å²) < 4.78 is 3.72. The fourth-order valence-electron chi connectivity index (χ4n) is 8.26. The van der Waals surface area contributed by atoms with Crippen molar-refractivity contribution in [3.8, 4) is 44.5 Å². The van der Waals surface area contributed by atoms with E-state index >= 15 is 0 Å². The van der Waals surface area contributed by atoms with E-state index in [2.05, 4.69) is 182 Å². The summed E-state index contributed by atoms with van der Waals surface area (Å²) in [4.78, 5) is 0. The second-order valence-corrected chi connectivity index (χ2v) is 19.5. The molecule has 2 aliphatic rings. The fraction of sp³-hybridized carbons (Fsp3) is 0.128. The second-order valence-electron chi connectivity index (χ2n) is 13.2. The zero-order valence-corrected chi connectivity index (χ0v) is 30.4. The van der Waals surface area contributed by atoms with Gasteiger partial charge in [0.15, 0.2) is 0 Å². The van der Waals surface area contributed by atoms with Crippen molar-refractivity contribution in [3.63, 3.8) is 0 Å². The minimum atomic E-state index is -2.56. The Balaban J connectivity index is 1.38. The van der Waals surface area contributed by atoms with Gasteiger partial charge < -0.3 is 0 Å². The van der Waals surface area contributed by atoms with Crippen molar-refractivity contribution in [1.82, 2.24) is 0 Å². The summed E-state index contributed by atoms with van der Waals surface area (Å²) in [7, 11) is 0. The third-order valence-electron chi connectivity index (χ3n) is 10.3. The van der Waals surface area contributed by atoms with Crippen molar-refractivity contribution in [2.75, 3.05) is 0 Å². The molecule has 0 aliphatic heterocycles. The summed E-state index contributed by atoms with van der Waals surface area (Å²) in [6.07, 6.45) is 6.20. The Morgan fingerprint density at radius 3 is 1.08 bits per heavy atom. The summed E-state index contributed by atoms with van der Waals surface area (Å²) >= 11 is -2.56. The third-order valence-corrected chi connectivity index (χ3v) is 19.3. The van der Waals surface area contributed by atoms with E-state index < -0.39 is 21.3 Å². The Morgan fingerprint density at radius 2 is 0.750 bits per heavy atom. The number of hydrogen-bond donors (Lipinski definition) is 0. The predicted molar refractivity (Wildman–Crippen MR) is 204 cm³/mol. The van der Waals surface area contributed by atoms with Gasteiger partial charge in [0.1, 0.15) is 0 Å². The van der Waals surface area contributed by atoms with E-state index in [1.54, 1.807) is 11.1 Å². The van der Waals surface area contributed by atoms with Crippen LogP contribution in [0.2, 0.25) is 0 Å². The van der Waals surface area contributed by atoms with Gasteiger partial charge in [0.05, 0.1) is 0 Å². The van der Waals surface area contributed by atoms with Gasteiger partial charge in [-0.3, -0.25) is 0 Å². The van der Waals surface area contributed by atoms with Gasteiger partial charge in [-0.15, -0.1) is 0 Å². The molecule has 1 heteroatoms. The SMILES string of the molecule is CC[CH]=[Zr]([CH]1C(C)=Cc2c(-c3ccccc3)ccc(-c3ccccc3)c21)[CH]1C(C)=Cc2c(-c3ccccc3)ccc(-c3ccccc3)c21. The van der Waals surface area contributed by atoms with Gasteiger partial charge in [0.25, 0.3) is 0 Å². The number of hydrogen-bond acceptors (Lipinski definition) is 0. The number of allylic oxidation sites excluding steroid dienone is 2. The van der Waals surface area contributed by atoms with E-state index in [-0.39, 0.29) is 0 Å². The average Bonchev–Trinajstić information content (AvgIpc) is 3.67. The van der Waals surface area contributed by atoms with Crippen LogP contribution in [0, 0.1) is 0 Å². The maximum atomic E-state index is 2.82. The molecule has 6 aromatic carbocycles. The topological polar surface area (TPSA) is 0 Å². The van der Waals surface area contributed by atoms with E-state index in [4.69, 9.17) is 0 Å². The van der Waals surface area contributed by atoms with Crippen LogP contribution in [0.15, 0.2) is 157 Å². The Bertz CT molecular complexity index is 2050. The van der Waals surface area contributed by atoms with Crippen LogP contribution in [0.1, 0.15) is 56.7 Å². The van der Waals surface area contributed by atoms with Crippen LogP contribution in [0.25, 0.3) is 56.7 Å². The zero-order chi connectivity index (χ0) is 32.6. The van der Waals surface area contributed by atoms with Crippen LogP contribution in [0.5, 0.6) is 0 Å². The molecule has 0 fully saturated rings. The number of fused-ring (bicyclic) bond motifs is 2. The molecule has 0 aromatic heterocycles. The molecule has 0 nitrogen and oxygen atoms in total. The van der Waals surface area contributed by atoms with Crippen LogP contribution in [0.3, 0.4) is 0 Å². The summed E-state index contributed by atoms with van der Waals surface area (Å²) in [6, 6.07) is 53.7. The first kappa shape index (κ1) is 30.9. The molecule has 2 unspecified atom stereocenters. The van der Waals surface area contributed by atoms with Crippen molar-refractivity contribution in [2.45, 2.75) is 34.4 Å². The Morgan fingerprint density at radius 1 is 0.438 bits per heavy atom. The van der Waals surface area contributed by atoms with Crippen LogP contribution in [0.4, 0.5) is 0 Å². The third kappa shape index (κ3) is 5.39. The monoisotopic (exact) mass is 694 g/mol. The Hall–Kier alpha value is -4.45. The van der Waals surface area contributed by atoms with Gasteiger partial charge in [-0.05, 0) is 0 Å². The quantitative estimate of drug-likeness (QED) is 0.156. The molecule has 0 spiro atoms. The molecule has 2 atom stereocenters. The van der Waals surface area contributed by atoms with Gasteiger partial charge in [-0.2, -0.15) is 0 Å². The molecular formula is C47H40Zr. The van der Waals surface area contributed by atoms with E-state index in [0.717, 1.165) is 6.42 Å². The molecule has 0 heterocycles. The summed E-state index contributed by atoms with van der Waals surface area (Å²) in [5.41, 5.74) is 19.7. The van der Waals surface area contributed by atoms with Crippen LogP contribution in [-0.4, -0.2) is 3.71 Å². The van der Waals surface area contributed by atoms with E-state index in [9.17, 15) is 0 Å². The average molecular weight is 696 g/mol. The van der Waals surface area contributed by atoms with Crippen LogP contribution >= 0.6 is 0 Å². The van der Waals surface area contributed by atoms with Crippen molar-refractivity contribution in [2.24, 2.45) is 0 Å². The number of rotatable bonds is 7. The molecule has 0 N–H and O–H groups in total. The molecular weight excluding hydrogens is 656 g/mol. The summed E-state index contributed by atoms with van der Waals surface area (Å²) in [6.45, 7) is 7.21. The van der Waals surface area contributed by atoms with Gasteiger partial charge in [0, 0.05) is 0 Å². The zero-order valence-electron chi connectivity index (χ0n) is 28.0. The molecule has 232 valence electrons. The van der Waals surface area contributed by atoms with Gasteiger partial charge in [0.2, 0.25) is 0 Å². The fourth-order valence-corrected chi connectivity index (χ4v) is 17.6. The van der Waals surface area contributed by atoms with Crippen molar-refractivity contribution in [1.29, 1.82) is 0 Å². The van der Waals surface area contributed by atoms with Crippen LogP contribution in [-0.2, 0) is 21.3 Å². The standard InChI is InChI=1S/2C22H17.C3H6.Zr/c2*1-16-14-21-19(17-8-4-2-5-9-17)12-13-20(22(21)15-16)18-10-6-3-7-11-18;1-3-2;/h2*2-15H,1H3;1H,3H2,2H3;. The predicted octanol–water partition coefficient (Wildman–Crippen LogP) is 12.8.